The van der Waals surface area contributed by atoms with Crippen LogP contribution in [0, 0.1) is 10.1 Å². The summed E-state index contributed by atoms with van der Waals surface area (Å²) in [5, 5.41) is 14.9. The molecule has 9 nitrogen and oxygen atoms in total. The molecule has 0 fully saturated rings. The van der Waals surface area contributed by atoms with E-state index in [0.717, 1.165) is 11.6 Å². The summed E-state index contributed by atoms with van der Waals surface area (Å²) in [6.07, 6.45) is 0. The Hall–Kier alpha value is -3.46. The number of nitro benzene ring substituents is 1. The molecule has 0 radical (unpaired) electrons. The molecule has 156 valence electrons. The van der Waals surface area contributed by atoms with Gasteiger partial charge in [0.2, 0.25) is 11.7 Å². The number of aromatic nitrogens is 2. The number of methoxy groups -OCH3 is 1. The van der Waals surface area contributed by atoms with E-state index in [1.165, 1.54) is 17.0 Å². The lowest BCUT2D eigenvalue weighted by molar-refractivity contribution is -0.384. The molecule has 1 aromatic heterocycles. The number of hydrogen-bond acceptors (Lipinski definition) is 7. The van der Waals surface area contributed by atoms with Crippen LogP contribution in [-0.4, -0.2) is 39.0 Å². The lowest BCUT2D eigenvalue weighted by atomic mass is 10.1. The summed E-state index contributed by atoms with van der Waals surface area (Å²) in [7, 11) is 1.58. The summed E-state index contributed by atoms with van der Waals surface area (Å²) in [6, 6.07) is 10.7. The second kappa shape index (κ2) is 8.91. The molecule has 1 heterocycles. The average Bonchev–Trinajstić information content (AvgIpc) is 3.20. The lowest BCUT2D eigenvalue weighted by Gasteiger charge is -2.25. The van der Waals surface area contributed by atoms with Crippen molar-refractivity contribution in [3.05, 3.63) is 69.1 Å². The van der Waals surface area contributed by atoms with Crippen molar-refractivity contribution in [1.29, 1.82) is 0 Å². The molecule has 0 unspecified atom stereocenters. The average molecular weight is 431 g/mol. The van der Waals surface area contributed by atoms with Crippen LogP contribution in [0.3, 0.4) is 0 Å². The maximum absolute atomic E-state index is 13.0. The van der Waals surface area contributed by atoms with Crippen LogP contribution in [0.1, 0.15) is 30.1 Å². The Kier molecular flexibility index (Phi) is 6.31. The molecule has 0 aliphatic carbocycles. The van der Waals surface area contributed by atoms with Gasteiger partial charge in [0.1, 0.15) is 12.3 Å². The maximum atomic E-state index is 13.0. The highest BCUT2D eigenvalue weighted by Crippen LogP contribution is 2.25. The molecule has 0 saturated heterocycles. The van der Waals surface area contributed by atoms with Crippen LogP contribution in [0.15, 0.2) is 47.0 Å². The van der Waals surface area contributed by atoms with E-state index < -0.39 is 10.8 Å². The molecule has 0 aliphatic heterocycles. The predicted octanol–water partition coefficient (Wildman–Crippen LogP) is 4.36. The quantitative estimate of drug-likeness (QED) is 0.404. The predicted molar refractivity (Wildman–Crippen MR) is 109 cm³/mol. The van der Waals surface area contributed by atoms with Crippen molar-refractivity contribution in [2.24, 2.45) is 0 Å². The fraction of sp³-hybridized carbons (Fsp3) is 0.250. The zero-order chi connectivity index (χ0) is 21.8. The van der Waals surface area contributed by atoms with E-state index in [2.05, 4.69) is 10.1 Å². The third-order valence-electron chi connectivity index (χ3n) is 4.40. The SMILES string of the molecule is COc1ccc(-c2noc(CN(C(=O)c3ccc([N+](=O)[O-])cc3Cl)C(C)C)n2)cc1. The van der Waals surface area contributed by atoms with Crippen molar-refractivity contribution in [2.75, 3.05) is 7.11 Å². The van der Waals surface area contributed by atoms with Crippen LogP contribution >= 0.6 is 11.6 Å². The molecule has 0 saturated carbocycles. The molecule has 0 aliphatic rings. The minimum Gasteiger partial charge on any atom is -0.497 e. The second-order valence-corrected chi connectivity index (χ2v) is 7.10. The van der Waals surface area contributed by atoms with E-state index in [1.807, 2.05) is 13.8 Å². The molecule has 30 heavy (non-hydrogen) atoms. The molecular formula is C20H19ClN4O5. The first-order chi connectivity index (χ1) is 14.3. The summed E-state index contributed by atoms with van der Waals surface area (Å²) in [4.78, 5) is 29.2. The van der Waals surface area contributed by atoms with Gasteiger partial charge in [-0.2, -0.15) is 4.98 Å². The number of nitro groups is 1. The first-order valence-corrected chi connectivity index (χ1v) is 9.40. The summed E-state index contributed by atoms with van der Waals surface area (Å²) in [6.45, 7) is 3.73. The molecule has 0 spiro atoms. The van der Waals surface area contributed by atoms with E-state index in [-0.39, 0.29) is 34.8 Å². The number of benzene rings is 2. The van der Waals surface area contributed by atoms with Crippen LogP contribution < -0.4 is 4.74 Å². The number of carbonyl (C=O) groups is 1. The van der Waals surface area contributed by atoms with Gasteiger partial charge in [0.15, 0.2) is 0 Å². The molecular weight excluding hydrogens is 412 g/mol. The number of amides is 1. The Morgan fingerprint density at radius 2 is 1.97 bits per heavy atom. The number of rotatable bonds is 7. The topological polar surface area (TPSA) is 112 Å². The number of ether oxygens (including phenoxy) is 1. The minimum atomic E-state index is -0.570. The van der Waals surface area contributed by atoms with Gasteiger partial charge in [-0.05, 0) is 44.2 Å². The van der Waals surface area contributed by atoms with Crippen LogP contribution in [0.2, 0.25) is 5.02 Å². The summed E-state index contributed by atoms with van der Waals surface area (Å²) < 4.78 is 10.4. The van der Waals surface area contributed by atoms with E-state index in [0.29, 0.717) is 11.6 Å². The summed E-state index contributed by atoms with van der Waals surface area (Å²) in [5.74, 6) is 0.950. The van der Waals surface area contributed by atoms with Crippen molar-refractivity contribution in [3.8, 4) is 17.1 Å². The number of non-ortho nitro benzene ring substituents is 1. The standard InChI is InChI=1S/C20H19ClN4O5/c1-12(2)24(20(26)16-9-6-14(25(27)28)10-17(16)21)11-18-22-19(23-30-18)13-4-7-15(29-3)8-5-13/h4-10,12H,11H2,1-3H3. The van der Waals surface area contributed by atoms with Gasteiger partial charge in [-0.25, -0.2) is 0 Å². The van der Waals surface area contributed by atoms with Crippen molar-refractivity contribution < 1.29 is 19.0 Å². The molecule has 1 amide bonds. The Morgan fingerprint density at radius 3 is 2.53 bits per heavy atom. The molecule has 2 aromatic carbocycles. The van der Waals surface area contributed by atoms with Crippen LogP contribution in [0.5, 0.6) is 5.75 Å². The Labute approximate surface area is 177 Å². The van der Waals surface area contributed by atoms with Gasteiger partial charge in [0.05, 0.1) is 22.6 Å². The molecule has 3 rings (SSSR count). The van der Waals surface area contributed by atoms with Crippen LogP contribution in [0.25, 0.3) is 11.4 Å². The molecule has 0 bridgehead atoms. The van der Waals surface area contributed by atoms with Gasteiger partial charge in [-0.15, -0.1) is 0 Å². The van der Waals surface area contributed by atoms with Gasteiger partial charge in [0.25, 0.3) is 11.6 Å². The van der Waals surface area contributed by atoms with E-state index in [4.69, 9.17) is 20.9 Å². The highest BCUT2D eigenvalue weighted by molar-refractivity contribution is 6.34. The first-order valence-electron chi connectivity index (χ1n) is 9.02. The Bertz CT molecular complexity index is 1070. The van der Waals surface area contributed by atoms with Gasteiger partial charge >= 0.3 is 0 Å². The van der Waals surface area contributed by atoms with Crippen molar-refractivity contribution in [2.45, 2.75) is 26.4 Å². The normalized spacial score (nSPS) is 10.8. The maximum Gasteiger partial charge on any atom is 0.270 e. The first kappa shape index (κ1) is 21.3. The fourth-order valence-electron chi connectivity index (χ4n) is 2.76. The smallest absolute Gasteiger partial charge is 0.270 e. The lowest BCUT2D eigenvalue weighted by Crippen LogP contribution is -2.36. The van der Waals surface area contributed by atoms with Crippen molar-refractivity contribution in [1.82, 2.24) is 15.0 Å². The molecule has 0 atom stereocenters. The van der Waals surface area contributed by atoms with Gasteiger partial charge in [-0.1, -0.05) is 16.8 Å². The van der Waals surface area contributed by atoms with E-state index in [1.54, 1.807) is 31.4 Å². The second-order valence-electron chi connectivity index (χ2n) is 6.69. The van der Waals surface area contributed by atoms with Gasteiger partial charge in [0, 0.05) is 23.7 Å². The Balaban J connectivity index is 1.81. The summed E-state index contributed by atoms with van der Waals surface area (Å²) >= 11 is 6.12. The number of nitrogens with zero attached hydrogens (tertiary/aromatic N) is 4. The highest BCUT2D eigenvalue weighted by atomic mass is 35.5. The molecule has 10 heteroatoms. The molecule has 3 aromatic rings. The Morgan fingerprint density at radius 1 is 1.27 bits per heavy atom. The zero-order valence-corrected chi connectivity index (χ0v) is 17.3. The van der Waals surface area contributed by atoms with Gasteiger partial charge < -0.3 is 14.2 Å². The number of carbonyl (C=O) groups excluding carboxylic acids is 1. The number of halogens is 1. The van der Waals surface area contributed by atoms with Crippen molar-refractivity contribution >= 4 is 23.2 Å². The molecule has 0 N–H and O–H groups in total. The minimum absolute atomic E-state index is 0.00398. The largest absolute Gasteiger partial charge is 0.497 e. The van der Waals surface area contributed by atoms with Crippen LogP contribution in [-0.2, 0) is 6.54 Å². The third-order valence-corrected chi connectivity index (χ3v) is 4.71. The highest BCUT2D eigenvalue weighted by Gasteiger charge is 2.25. The van der Waals surface area contributed by atoms with E-state index in [9.17, 15) is 14.9 Å². The van der Waals surface area contributed by atoms with Crippen LogP contribution in [0.4, 0.5) is 5.69 Å². The van der Waals surface area contributed by atoms with Gasteiger partial charge in [-0.3, -0.25) is 14.9 Å². The zero-order valence-electron chi connectivity index (χ0n) is 16.5. The summed E-state index contributed by atoms with van der Waals surface area (Å²) in [5.41, 5.74) is 0.714. The van der Waals surface area contributed by atoms with E-state index >= 15 is 0 Å². The van der Waals surface area contributed by atoms with Crippen molar-refractivity contribution in [3.63, 3.8) is 0 Å². The monoisotopic (exact) mass is 430 g/mol. The third kappa shape index (κ3) is 4.57. The number of hydrogen-bond donors (Lipinski definition) is 0. The fourth-order valence-corrected chi connectivity index (χ4v) is 3.01.